The van der Waals surface area contributed by atoms with Crippen molar-refractivity contribution in [3.63, 3.8) is 0 Å². The number of quaternary nitrogens is 1. The predicted molar refractivity (Wildman–Crippen MR) is 349 cm³/mol. The number of ether oxygens (including phenoxy) is 1. The normalized spacial score (nSPS) is 13.9. The molecule has 0 spiro atoms. The number of likely N-dealkylation sites (N-methyl/N-ethyl adjacent to an activating group) is 1. The Bertz CT molecular complexity index is 1570. The Kier molecular flexibility index (Phi) is 59.1. The minimum absolute atomic E-state index is 0.0252. The summed E-state index contributed by atoms with van der Waals surface area (Å²) in [5.41, 5.74) is 0. The fraction of sp³-hybridized carbons (Fsp3) is 0.831. The summed E-state index contributed by atoms with van der Waals surface area (Å²) in [5, 5.41) is 3.04. The van der Waals surface area contributed by atoms with Gasteiger partial charge in [0.2, 0.25) is 5.91 Å². The lowest BCUT2D eigenvalue weighted by atomic mass is 10.0. The van der Waals surface area contributed by atoms with Crippen LogP contribution in [0, 0.1) is 0 Å². The quantitative estimate of drug-likeness (QED) is 0.0212. The molecule has 0 aromatic carbocycles. The standard InChI is InChI=1S/C71H133N2O7P/c1-7-10-13-16-19-22-25-28-30-32-34-36-38-40-42-45-48-51-54-57-60-63-70(74)72-68(67-79-81(76,77)78-66-65-73(4,5)6)69(62-59-56-53-50-47-44-27-24-21-18-15-12-9-3)80-71(75)64-61-58-55-52-49-46-43-41-39-37-35-33-31-29-26-23-20-17-14-11-8-2/h20,23,29,31,35,37,41,43,59,62,68-69H,7-19,21-22,24-28,30,32-34,36,38-40,42,44-58,60-61,63-67H2,1-6H3,(H-,72,74,76,77)/b23-20-,31-29-,37-35-,43-41-,62-59+. The molecule has 0 fully saturated rings. The average Bonchev–Trinajstić information content (AvgIpc) is 3.44. The number of rotatable bonds is 63. The molecule has 0 saturated heterocycles. The van der Waals surface area contributed by atoms with E-state index < -0.39 is 26.6 Å². The summed E-state index contributed by atoms with van der Waals surface area (Å²) in [6, 6.07) is -0.896. The van der Waals surface area contributed by atoms with Crippen molar-refractivity contribution in [2.75, 3.05) is 40.9 Å². The lowest BCUT2D eigenvalue weighted by molar-refractivity contribution is -0.870. The van der Waals surface area contributed by atoms with Crippen LogP contribution in [0.25, 0.3) is 0 Å². The van der Waals surface area contributed by atoms with Crippen molar-refractivity contribution in [3.8, 4) is 0 Å². The molecule has 10 heteroatoms. The number of nitrogens with one attached hydrogen (secondary N) is 1. The first-order valence-electron chi connectivity index (χ1n) is 34.6. The summed E-state index contributed by atoms with van der Waals surface area (Å²) in [5.74, 6) is -0.549. The summed E-state index contributed by atoms with van der Waals surface area (Å²) >= 11 is 0. The maximum atomic E-state index is 13.6. The molecule has 0 saturated carbocycles. The van der Waals surface area contributed by atoms with Crippen LogP contribution in [0.3, 0.4) is 0 Å². The van der Waals surface area contributed by atoms with Crippen molar-refractivity contribution in [1.82, 2.24) is 5.32 Å². The second kappa shape index (κ2) is 60.8. The van der Waals surface area contributed by atoms with Gasteiger partial charge in [0.25, 0.3) is 7.82 Å². The molecule has 1 N–H and O–H groups in total. The maximum absolute atomic E-state index is 13.6. The van der Waals surface area contributed by atoms with E-state index in [-0.39, 0.29) is 24.9 Å². The summed E-state index contributed by atoms with van der Waals surface area (Å²) in [7, 11) is 1.18. The summed E-state index contributed by atoms with van der Waals surface area (Å²) in [4.78, 5) is 40.2. The molecule has 0 radical (unpaired) electrons. The predicted octanol–water partition coefficient (Wildman–Crippen LogP) is 21.2. The van der Waals surface area contributed by atoms with Crippen molar-refractivity contribution in [2.24, 2.45) is 0 Å². The van der Waals surface area contributed by atoms with Gasteiger partial charge in [-0.15, -0.1) is 0 Å². The zero-order valence-electron chi connectivity index (χ0n) is 54.2. The second-order valence-electron chi connectivity index (χ2n) is 24.7. The number of phosphoric acid groups is 1. The van der Waals surface area contributed by atoms with E-state index in [0.29, 0.717) is 23.9 Å². The average molecular weight is 1160 g/mol. The number of nitrogens with zero attached hydrogens (tertiary/aromatic N) is 1. The minimum atomic E-state index is -4.71. The van der Waals surface area contributed by atoms with Crippen LogP contribution in [0.5, 0.6) is 0 Å². The van der Waals surface area contributed by atoms with Gasteiger partial charge >= 0.3 is 5.97 Å². The molecule has 0 aliphatic heterocycles. The van der Waals surface area contributed by atoms with E-state index in [1.165, 1.54) is 199 Å². The monoisotopic (exact) mass is 1160 g/mol. The van der Waals surface area contributed by atoms with Gasteiger partial charge < -0.3 is 28.5 Å². The molecule has 0 aliphatic carbocycles. The number of hydrogen-bond donors (Lipinski definition) is 1. The van der Waals surface area contributed by atoms with Crippen LogP contribution in [0.15, 0.2) is 60.8 Å². The van der Waals surface area contributed by atoms with E-state index in [1.54, 1.807) is 0 Å². The first-order chi connectivity index (χ1) is 39.4. The largest absolute Gasteiger partial charge is 0.756 e. The molecule has 3 unspecified atom stereocenters. The highest BCUT2D eigenvalue weighted by atomic mass is 31.2. The number of esters is 1. The summed E-state index contributed by atoms with van der Waals surface area (Å²) in [6.45, 7) is 6.85. The maximum Gasteiger partial charge on any atom is 0.306 e. The third-order valence-electron chi connectivity index (χ3n) is 15.5. The zero-order valence-corrected chi connectivity index (χ0v) is 55.1. The lowest BCUT2D eigenvalue weighted by Crippen LogP contribution is -2.47. The molecule has 474 valence electrons. The number of amides is 1. The third kappa shape index (κ3) is 62.1. The molecule has 0 heterocycles. The molecule has 81 heavy (non-hydrogen) atoms. The number of carbonyl (C=O) groups is 2. The highest BCUT2D eigenvalue weighted by Crippen LogP contribution is 2.38. The van der Waals surface area contributed by atoms with E-state index in [4.69, 9.17) is 13.8 Å². The first-order valence-corrected chi connectivity index (χ1v) is 36.1. The minimum Gasteiger partial charge on any atom is -0.756 e. The summed E-state index contributed by atoms with van der Waals surface area (Å²) in [6.07, 6.45) is 77.6. The van der Waals surface area contributed by atoms with Gasteiger partial charge in [0.1, 0.15) is 19.3 Å². The first kappa shape index (κ1) is 78.7. The molecule has 0 aliphatic rings. The van der Waals surface area contributed by atoms with E-state index >= 15 is 0 Å². The Morgan fingerprint density at radius 3 is 1.15 bits per heavy atom. The number of hydrogen-bond acceptors (Lipinski definition) is 7. The SMILES string of the molecule is CCCCC/C=C\C/C=C\C/C=C\C/C=C\CCCCCCCC(=O)OC(/C=C/CCCCCCCCCCCCC)C(COP(=O)([O-])OCC[N+](C)(C)C)NC(=O)CCCCCCCCCCCCCCCCCCCCCCC. The van der Waals surface area contributed by atoms with E-state index in [1.807, 2.05) is 33.3 Å². The molecular formula is C71H133N2O7P. The molecule has 3 atom stereocenters. The Morgan fingerprint density at radius 1 is 0.432 bits per heavy atom. The van der Waals surface area contributed by atoms with Crippen molar-refractivity contribution in [1.29, 1.82) is 0 Å². The van der Waals surface area contributed by atoms with Gasteiger partial charge in [-0.2, -0.15) is 0 Å². The van der Waals surface area contributed by atoms with Crippen LogP contribution in [-0.4, -0.2) is 69.4 Å². The molecule has 0 rings (SSSR count). The van der Waals surface area contributed by atoms with E-state index in [0.717, 1.165) is 89.9 Å². The van der Waals surface area contributed by atoms with Crippen LogP contribution in [0.4, 0.5) is 0 Å². The van der Waals surface area contributed by atoms with Gasteiger partial charge in [-0.3, -0.25) is 14.2 Å². The van der Waals surface area contributed by atoms with Gasteiger partial charge in [-0.1, -0.05) is 300 Å². The summed E-state index contributed by atoms with van der Waals surface area (Å²) < 4.78 is 30.4. The molecular weight excluding hydrogens is 1020 g/mol. The highest BCUT2D eigenvalue weighted by molar-refractivity contribution is 7.45. The Balaban J connectivity index is 5.19. The zero-order chi connectivity index (χ0) is 59.3. The number of allylic oxidation sites excluding steroid dienone is 9. The van der Waals surface area contributed by atoms with Crippen molar-refractivity contribution in [3.05, 3.63) is 60.8 Å². The van der Waals surface area contributed by atoms with Gasteiger partial charge in [0.05, 0.1) is 33.8 Å². The van der Waals surface area contributed by atoms with Crippen LogP contribution < -0.4 is 10.2 Å². The Labute approximate surface area is 502 Å². The topological polar surface area (TPSA) is 114 Å². The molecule has 0 aromatic heterocycles. The van der Waals surface area contributed by atoms with Crippen molar-refractivity contribution in [2.45, 2.75) is 341 Å². The fourth-order valence-electron chi connectivity index (χ4n) is 10.1. The van der Waals surface area contributed by atoms with Gasteiger partial charge in [0.15, 0.2) is 0 Å². The second-order valence-corrected chi connectivity index (χ2v) is 26.1. The van der Waals surface area contributed by atoms with Gasteiger partial charge in [-0.25, -0.2) is 0 Å². The van der Waals surface area contributed by atoms with Gasteiger partial charge in [-0.05, 0) is 76.7 Å². The van der Waals surface area contributed by atoms with E-state index in [9.17, 15) is 19.0 Å². The van der Waals surface area contributed by atoms with Gasteiger partial charge in [0, 0.05) is 12.8 Å². The Morgan fingerprint density at radius 2 is 0.753 bits per heavy atom. The van der Waals surface area contributed by atoms with Crippen LogP contribution >= 0.6 is 7.82 Å². The third-order valence-corrected chi connectivity index (χ3v) is 16.4. The number of phosphoric ester groups is 1. The van der Waals surface area contributed by atoms with Crippen LogP contribution in [0.1, 0.15) is 329 Å². The number of unbranched alkanes of at least 4 members (excludes halogenated alkanes) is 39. The fourth-order valence-corrected chi connectivity index (χ4v) is 10.8. The molecule has 0 bridgehead atoms. The van der Waals surface area contributed by atoms with Crippen LogP contribution in [-0.2, 0) is 27.9 Å². The molecule has 1 amide bonds. The Hall–Kier alpha value is -2.29. The van der Waals surface area contributed by atoms with Crippen LogP contribution in [0.2, 0.25) is 0 Å². The molecule has 0 aromatic rings. The van der Waals surface area contributed by atoms with Crippen molar-refractivity contribution < 1.29 is 37.3 Å². The number of carbonyl (C=O) groups excluding carboxylic acids is 2. The smallest absolute Gasteiger partial charge is 0.306 e. The lowest BCUT2D eigenvalue weighted by Gasteiger charge is -2.30. The highest BCUT2D eigenvalue weighted by Gasteiger charge is 2.27. The van der Waals surface area contributed by atoms with Crippen molar-refractivity contribution >= 4 is 19.7 Å². The van der Waals surface area contributed by atoms with E-state index in [2.05, 4.69) is 74.7 Å². The molecule has 9 nitrogen and oxygen atoms in total.